The van der Waals surface area contributed by atoms with Gasteiger partial charge in [-0.3, -0.25) is 0 Å². The van der Waals surface area contributed by atoms with Crippen molar-refractivity contribution in [1.29, 1.82) is 0 Å². The highest BCUT2D eigenvalue weighted by molar-refractivity contribution is 5.95. The fourth-order valence-corrected chi connectivity index (χ4v) is 2.96. The van der Waals surface area contributed by atoms with Gasteiger partial charge in [-0.25, -0.2) is 4.79 Å². The van der Waals surface area contributed by atoms with Gasteiger partial charge in [0.05, 0.1) is 17.9 Å². The molecule has 22 heavy (non-hydrogen) atoms. The van der Waals surface area contributed by atoms with E-state index in [2.05, 4.69) is 23.6 Å². The smallest absolute Gasteiger partial charge is 0.340 e. The van der Waals surface area contributed by atoms with Crippen LogP contribution in [0.5, 0.6) is 0 Å². The van der Waals surface area contributed by atoms with E-state index in [9.17, 15) is 4.79 Å². The van der Waals surface area contributed by atoms with Crippen molar-refractivity contribution in [2.24, 2.45) is 0 Å². The number of aromatic nitrogens is 1. The van der Waals surface area contributed by atoms with Crippen molar-refractivity contribution in [2.45, 2.75) is 47.1 Å². The Kier molecular flexibility index (Phi) is 5.42. The molecule has 118 valence electrons. The zero-order valence-electron chi connectivity index (χ0n) is 14.0. The third-order valence-electron chi connectivity index (χ3n) is 4.03. The Hall–Kier alpha value is -2.03. The number of hydrogen-bond donors (Lipinski definition) is 0. The van der Waals surface area contributed by atoms with E-state index in [-0.39, 0.29) is 5.97 Å². The second-order valence-electron chi connectivity index (χ2n) is 5.53. The Labute approximate surface area is 132 Å². The Balaban J connectivity index is 2.59. The highest BCUT2D eigenvalue weighted by Gasteiger charge is 2.23. The second kappa shape index (κ2) is 7.30. The van der Waals surface area contributed by atoms with Crippen LogP contribution in [0.1, 0.15) is 48.3 Å². The van der Waals surface area contributed by atoms with E-state index < -0.39 is 0 Å². The number of esters is 1. The summed E-state index contributed by atoms with van der Waals surface area (Å²) in [5.74, 6) is -0.218. The SMILES string of the molecule is CCCCn1c(C)c(C(=O)OCC)c(C)c1-c1ccccc1. The first-order valence-corrected chi connectivity index (χ1v) is 8.04. The van der Waals surface area contributed by atoms with E-state index in [1.165, 1.54) is 0 Å². The fraction of sp³-hybridized carbons (Fsp3) is 0.421. The molecule has 2 rings (SSSR count). The van der Waals surface area contributed by atoms with Gasteiger partial charge in [0.15, 0.2) is 0 Å². The molecule has 2 aromatic rings. The molecule has 0 amide bonds. The van der Waals surface area contributed by atoms with Crippen LogP contribution in [0.3, 0.4) is 0 Å². The van der Waals surface area contributed by atoms with Crippen LogP contribution in [-0.4, -0.2) is 17.1 Å². The van der Waals surface area contributed by atoms with E-state index in [0.717, 1.165) is 47.5 Å². The molecule has 1 aromatic carbocycles. The average molecular weight is 299 g/mol. The molecule has 1 aromatic heterocycles. The molecule has 0 atom stereocenters. The van der Waals surface area contributed by atoms with E-state index in [1.807, 2.05) is 39.0 Å². The standard InChI is InChI=1S/C19H25NO2/c1-5-7-13-20-15(4)17(19(21)22-6-2)14(3)18(20)16-11-9-8-10-12-16/h8-12H,5-7,13H2,1-4H3. The average Bonchev–Trinajstić information content (AvgIpc) is 2.76. The summed E-state index contributed by atoms with van der Waals surface area (Å²) in [6.45, 7) is 9.38. The summed E-state index contributed by atoms with van der Waals surface area (Å²) in [6, 6.07) is 10.3. The lowest BCUT2D eigenvalue weighted by Gasteiger charge is -2.12. The maximum Gasteiger partial charge on any atom is 0.340 e. The third kappa shape index (κ3) is 3.08. The summed E-state index contributed by atoms with van der Waals surface area (Å²) in [7, 11) is 0. The molecule has 0 radical (unpaired) electrons. The third-order valence-corrected chi connectivity index (χ3v) is 4.03. The summed E-state index contributed by atoms with van der Waals surface area (Å²) in [5.41, 5.74) is 5.02. The van der Waals surface area contributed by atoms with Crippen molar-refractivity contribution in [2.75, 3.05) is 6.61 Å². The number of carbonyl (C=O) groups excluding carboxylic acids is 1. The van der Waals surface area contributed by atoms with Crippen LogP contribution in [0.25, 0.3) is 11.3 Å². The summed E-state index contributed by atoms with van der Waals surface area (Å²) < 4.78 is 7.51. The van der Waals surface area contributed by atoms with Crippen molar-refractivity contribution in [1.82, 2.24) is 4.57 Å². The van der Waals surface area contributed by atoms with E-state index in [4.69, 9.17) is 4.74 Å². The molecule has 0 fully saturated rings. The molecule has 0 spiro atoms. The van der Waals surface area contributed by atoms with Crippen molar-refractivity contribution >= 4 is 5.97 Å². The van der Waals surface area contributed by atoms with Gasteiger partial charge in [-0.05, 0) is 38.3 Å². The first kappa shape index (κ1) is 16.3. The van der Waals surface area contributed by atoms with Crippen LogP contribution < -0.4 is 0 Å². The lowest BCUT2D eigenvalue weighted by Crippen LogP contribution is -2.08. The lowest BCUT2D eigenvalue weighted by molar-refractivity contribution is 0.0524. The molecule has 0 saturated carbocycles. The summed E-state index contributed by atoms with van der Waals surface area (Å²) in [4.78, 5) is 12.3. The van der Waals surface area contributed by atoms with Crippen molar-refractivity contribution in [3.05, 3.63) is 47.2 Å². The predicted molar refractivity (Wildman–Crippen MR) is 90.2 cm³/mol. The zero-order chi connectivity index (χ0) is 16.1. The van der Waals surface area contributed by atoms with Crippen LogP contribution >= 0.6 is 0 Å². The van der Waals surface area contributed by atoms with Gasteiger partial charge in [-0.15, -0.1) is 0 Å². The molecule has 0 aliphatic rings. The molecule has 0 N–H and O–H groups in total. The van der Waals surface area contributed by atoms with Gasteiger partial charge in [0.25, 0.3) is 0 Å². The number of hydrogen-bond acceptors (Lipinski definition) is 2. The number of nitrogens with zero attached hydrogens (tertiary/aromatic N) is 1. The normalized spacial score (nSPS) is 10.7. The number of unbranched alkanes of at least 4 members (excludes halogenated alkanes) is 1. The highest BCUT2D eigenvalue weighted by atomic mass is 16.5. The van der Waals surface area contributed by atoms with Gasteiger partial charge >= 0.3 is 5.97 Å². The summed E-state index contributed by atoms with van der Waals surface area (Å²) in [5, 5.41) is 0. The largest absolute Gasteiger partial charge is 0.462 e. The number of ether oxygens (including phenoxy) is 1. The minimum atomic E-state index is -0.218. The van der Waals surface area contributed by atoms with E-state index in [0.29, 0.717) is 6.61 Å². The lowest BCUT2D eigenvalue weighted by atomic mass is 10.1. The second-order valence-corrected chi connectivity index (χ2v) is 5.53. The van der Waals surface area contributed by atoms with Crippen LogP contribution in [0.15, 0.2) is 30.3 Å². The highest BCUT2D eigenvalue weighted by Crippen LogP contribution is 2.32. The summed E-state index contributed by atoms with van der Waals surface area (Å²) >= 11 is 0. The van der Waals surface area contributed by atoms with Crippen molar-refractivity contribution < 1.29 is 9.53 Å². The van der Waals surface area contributed by atoms with Gasteiger partial charge in [-0.2, -0.15) is 0 Å². The number of benzene rings is 1. The molecule has 3 nitrogen and oxygen atoms in total. The number of rotatable bonds is 6. The monoisotopic (exact) mass is 299 g/mol. The fourth-order valence-electron chi connectivity index (χ4n) is 2.96. The maximum absolute atomic E-state index is 12.3. The molecule has 1 heterocycles. The van der Waals surface area contributed by atoms with Crippen molar-refractivity contribution in [3.8, 4) is 11.3 Å². The molecule has 3 heteroatoms. The molecular weight excluding hydrogens is 274 g/mol. The molecule has 0 saturated heterocycles. The Morgan fingerprint density at radius 2 is 1.82 bits per heavy atom. The van der Waals surface area contributed by atoms with Crippen LogP contribution in [0, 0.1) is 13.8 Å². The van der Waals surface area contributed by atoms with E-state index >= 15 is 0 Å². The Morgan fingerprint density at radius 3 is 2.41 bits per heavy atom. The quantitative estimate of drug-likeness (QED) is 0.721. The van der Waals surface area contributed by atoms with Gasteiger partial charge < -0.3 is 9.30 Å². The minimum Gasteiger partial charge on any atom is -0.462 e. The minimum absolute atomic E-state index is 0.218. The topological polar surface area (TPSA) is 31.2 Å². The Bertz CT molecular complexity index is 641. The van der Waals surface area contributed by atoms with Gasteiger partial charge in [0.2, 0.25) is 0 Å². The van der Waals surface area contributed by atoms with Crippen LogP contribution in [-0.2, 0) is 11.3 Å². The first-order valence-electron chi connectivity index (χ1n) is 8.04. The van der Waals surface area contributed by atoms with Gasteiger partial charge in [-0.1, -0.05) is 43.7 Å². The van der Waals surface area contributed by atoms with E-state index in [1.54, 1.807) is 0 Å². The van der Waals surface area contributed by atoms with Crippen LogP contribution in [0.4, 0.5) is 0 Å². The van der Waals surface area contributed by atoms with Crippen molar-refractivity contribution in [3.63, 3.8) is 0 Å². The molecule has 0 aliphatic carbocycles. The molecule has 0 bridgehead atoms. The van der Waals surface area contributed by atoms with Gasteiger partial charge in [0.1, 0.15) is 0 Å². The maximum atomic E-state index is 12.3. The molecule has 0 aliphatic heterocycles. The molecular formula is C19H25NO2. The predicted octanol–water partition coefficient (Wildman–Crippen LogP) is 4.75. The van der Waals surface area contributed by atoms with Gasteiger partial charge in [0, 0.05) is 12.2 Å². The zero-order valence-corrected chi connectivity index (χ0v) is 14.0. The summed E-state index contributed by atoms with van der Waals surface area (Å²) in [6.07, 6.45) is 2.22. The molecule has 0 unspecified atom stereocenters. The Morgan fingerprint density at radius 1 is 1.14 bits per heavy atom. The van der Waals surface area contributed by atoms with Crippen LogP contribution in [0.2, 0.25) is 0 Å². The first-order chi connectivity index (χ1) is 10.6. The number of carbonyl (C=O) groups is 1.